The number of nitrogens with one attached hydrogen (secondary N) is 1. The predicted octanol–water partition coefficient (Wildman–Crippen LogP) is 5.41. The summed E-state index contributed by atoms with van der Waals surface area (Å²) in [4.78, 5) is 10.9. The molecule has 1 N–H and O–H groups in total. The van der Waals surface area contributed by atoms with Gasteiger partial charge in [0.15, 0.2) is 0 Å². The summed E-state index contributed by atoms with van der Waals surface area (Å²) in [7, 11) is 0. The summed E-state index contributed by atoms with van der Waals surface area (Å²) in [6.45, 7) is 8.24. The monoisotopic (exact) mass is 372 g/mol. The van der Waals surface area contributed by atoms with Crippen LogP contribution >= 0.6 is 0 Å². The van der Waals surface area contributed by atoms with E-state index in [-0.39, 0.29) is 0 Å². The van der Waals surface area contributed by atoms with Gasteiger partial charge in [-0.15, -0.1) is 0 Å². The molecular formula is C23H24N4O. The van der Waals surface area contributed by atoms with Gasteiger partial charge in [0, 0.05) is 24.2 Å². The predicted molar refractivity (Wildman–Crippen MR) is 113 cm³/mol. The molecule has 5 nitrogen and oxygen atoms in total. The zero-order chi connectivity index (χ0) is 19.3. The van der Waals surface area contributed by atoms with Crippen molar-refractivity contribution in [1.29, 1.82) is 0 Å². The number of rotatable bonds is 3. The smallest absolute Gasteiger partial charge is 0.203 e. The molecule has 1 saturated heterocycles. The van der Waals surface area contributed by atoms with Crippen molar-refractivity contribution in [3.63, 3.8) is 0 Å². The lowest BCUT2D eigenvalue weighted by Gasteiger charge is -2.12. The van der Waals surface area contributed by atoms with Gasteiger partial charge in [-0.3, -0.25) is 0 Å². The first-order chi connectivity index (χ1) is 13.6. The van der Waals surface area contributed by atoms with Crippen molar-refractivity contribution in [1.82, 2.24) is 15.1 Å². The fourth-order valence-electron chi connectivity index (χ4n) is 4.30. The highest BCUT2D eigenvalue weighted by Crippen LogP contribution is 2.37. The Morgan fingerprint density at radius 2 is 1.79 bits per heavy atom. The van der Waals surface area contributed by atoms with Crippen molar-refractivity contribution in [3.8, 4) is 22.3 Å². The molecule has 5 heteroatoms. The van der Waals surface area contributed by atoms with Crippen molar-refractivity contribution in [3.05, 3.63) is 53.4 Å². The maximum absolute atomic E-state index is 5.43. The minimum Gasteiger partial charge on any atom is -0.361 e. The number of benzene rings is 2. The number of fused-ring (bicyclic) bond motifs is 1. The first-order valence-electron chi connectivity index (χ1n) is 9.90. The minimum atomic E-state index is 0.840. The average Bonchev–Trinajstić information content (AvgIpc) is 3.41. The van der Waals surface area contributed by atoms with Crippen molar-refractivity contribution in [2.45, 2.75) is 33.6 Å². The van der Waals surface area contributed by atoms with E-state index in [2.05, 4.69) is 58.4 Å². The van der Waals surface area contributed by atoms with Crippen LogP contribution in [-0.4, -0.2) is 28.2 Å². The Morgan fingerprint density at radius 1 is 1.00 bits per heavy atom. The number of hydrogen-bond acceptors (Lipinski definition) is 4. The molecule has 5 rings (SSSR count). The molecule has 1 aliphatic heterocycles. The molecule has 28 heavy (non-hydrogen) atoms. The zero-order valence-electron chi connectivity index (χ0n) is 16.5. The Bertz CT molecular complexity index is 1150. The van der Waals surface area contributed by atoms with Crippen LogP contribution in [0, 0.1) is 20.8 Å². The van der Waals surface area contributed by atoms with E-state index in [0.29, 0.717) is 0 Å². The minimum absolute atomic E-state index is 0.840. The van der Waals surface area contributed by atoms with Crippen molar-refractivity contribution in [2.24, 2.45) is 0 Å². The second-order valence-electron chi connectivity index (χ2n) is 7.69. The molecule has 1 fully saturated rings. The van der Waals surface area contributed by atoms with E-state index in [1.807, 2.05) is 13.8 Å². The fourth-order valence-corrected chi connectivity index (χ4v) is 4.30. The zero-order valence-corrected chi connectivity index (χ0v) is 16.5. The maximum Gasteiger partial charge on any atom is 0.203 e. The molecule has 0 spiro atoms. The van der Waals surface area contributed by atoms with E-state index < -0.39 is 0 Å². The number of aromatic nitrogens is 3. The van der Waals surface area contributed by atoms with Crippen LogP contribution in [0.3, 0.4) is 0 Å². The van der Waals surface area contributed by atoms with Crippen LogP contribution in [0.15, 0.2) is 40.9 Å². The van der Waals surface area contributed by atoms with Crippen LogP contribution in [0.4, 0.5) is 5.95 Å². The van der Waals surface area contributed by atoms with Crippen LogP contribution < -0.4 is 4.90 Å². The number of aryl methyl sites for hydroxylation is 3. The number of imidazole rings is 1. The lowest BCUT2D eigenvalue weighted by molar-refractivity contribution is 0.393. The highest BCUT2D eigenvalue weighted by Gasteiger charge is 2.20. The maximum atomic E-state index is 5.43. The highest BCUT2D eigenvalue weighted by molar-refractivity contribution is 5.98. The lowest BCUT2D eigenvalue weighted by Crippen LogP contribution is -2.18. The van der Waals surface area contributed by atoms with Crippen LogP contribution in [0.1, 0.15) is 29.9 Å². The SMILES string of the molecule is Cc1ccccc1-c1cc(-c2c(C)noc2C)cc2[nH]c(N3CCCC3)nc12. The highest BCUT2D eigenvalue weighted by atomic mass is 16.5. The van der Waals surface area contributed by atoms with Gasteiger partial charge in [-0.1, -0.05) is 29.4 Å². The summed E-state index contributed by atoms with van der Waals surface area (Å²) >= 11 is 0. The molecule has 2 aromatic heterocycles. The van der Waals surface area contributed by atoms with Crippen molar-refractivity contribution in [2.75, 3.05) is 18.0 Å². The lowest BCUT2D eigenvalue weighted by atomic mass is 9.94. The standard InChI is InChI=1S/C23H24N4O/c1-14-8-4-5-9-18(14)19-12-17(21-15(2)26-28-16(21)3)13-20-22(19)25-23(24-20)27-10-6-7-11-27/h4-5,8-9,12-13H,6-7,10-11H2,1-3H3,(H,24,25). The molecule has 2 aromatic carbocycles. The number of hydrogen-bond donors (Lipinski definition) is 1. The molecule has 0 unspecified atom stereocenters. The average molecular weight is 372 g/mol. The topological polar surface area (TPSA) is 58.0 Å². The van der Waals surface area contributed by atoms with Crippen molar-refractivity contribution < 1.29 is 4.52 Å². The molecule has 4 aromatic rings. The number of aromatic amines is 1. The van der Waals surface area contributed by atoms with Crippen LogP contribution in [0.25, 0.3) is 33.3 Å². The normalized spacial score (nSPS) is 14.3. The number of nitrogens with zero attached hydrogens (tertiary/aromatic N) is 3. The molecule has 0 aliphatic carbocycles. The van der Waals surface area contributed by atoms with Gasteiger partial charge < -0.3 is 14.4 Å². The third-order valence-electron chi connectivity index (χ3n) is 5.74. The van der Waals surface area contributed by atoms with Gasteiger partial charge in [-0.05, 0) is 62.4 Å². The summed E-state index contributed by atoms with van der Waals surface area (Å²) < 4.78 is 5.43. The van der Waals surface area contributed by atoms with Gasteiger partial charge in [-0.25, -0.2) is 4.98 Å². The first kappa shape index (κ1) is 17.0. The van der Waals surface area contributed by atoms with E-state index in [9.17, 15) is 0 Å². The summed E-state index contributed by atoms with van der Waals surface area (Å²) in [6.07, 6.45) is 2.46. The van der Waals surface area contributed by atoms with E-state index in [1.165, 1.54) is 24.0 Å². The van der Waals surface area contributed by atoms with E-state index in [1.54, 1.807) is 0 Å². The van der Waals surface area contributed by atoms with Gasteiger partial charge in [-0.2, -0.15) is 0 Å². The van der Waals surface area contributed by atoms with Crippen LogP contribution in [0.5, 0.6) is 0 Å². The molecule has 0 bridgehead atoms. The third-order valence-corrected chi connectivity index (χ3v) is 5.74. The van der Waals surface area contributed by atoms with Gasteiger partial charge in [0.1, 0.15) is 5.76 Å². The van der Waals surface area contributed by atoms with Gasteiger partial charge in [0.2, 0.25) is 5.95 Å². The molecule has 1 aliphatic rings. The van der Waals surface area contributed by atoms with Gasteiger partial charge >= 0.3 is 0 Å². The van der Waals surface area contributed by atoms with E-state index in [4.69, 9.17) is 9.51 Å². The molecule has 142 valence electrons. The largest absolute Gasteiger partial charge is 0.361 e. The van der Waals surface area contributed by atoms with Crippen LogP contribution in [-0.2, 0) is 0 Å². The van der Waals surface area contributed by atoms with Crippen molar-refractivity contribution >= 4 is 17.0 Å². The molecule has 0 radical (unpaired) electrons. The first-order valence-corrected chi connectivity index (χ1v) is 9.90. The van der Waals surface area contributed by atoms with Gasteiger partial charge in [0.05, 0.1) is 16.7 Å². The Morgan fingerprint density at radius 3 is 2.50 bits per heavy atom. The molecule has 0 atom stereocenters. The second-order valence-corrected chi connectivity index (χ2v) is 7.69. The second kappa shape index (κ2) is 6.51. The Labute approximate surface area is 164 Å². The Hall–Kier alpha value is -3.08. The molecule has 3 heterocycles. The quantitative estimate of drug-likeness (QED) is 0.522. The number of anilines is 1. The Balaban J connectivity index is 1.78. The number of H-pyrrole nitrogens is 1. The third kappa shape index (κ3) is 2.70. The fraction of sp³-hybridized carbons (Fsp3) is 0.304. The summed E-state index contributed by atoms with van der Waals surface area (Å²) in [6, 6.07) is 12.9. The molecule has 0 amide bonds. The summed E-state index contributed by atoms with van der Waals surface area (Å²) in [5.74, 6) is 1.81. The summed E-state index contributed by atoms with van der Waals surface area (Å²) in [5.41, 5.74) is 8.75. The van der Waals surface area contributed by atoms with E-state index in [0.717, 1.165) is 58.2 Å². The Kier molecular flexibility index (Phi) is 3.97. The van der Waals surface area contributed by atoms with Crippen LogP contribution in [0.2, 0.25) is 0 Å². The van der Waals surface area contributed by atoms with E-state index >= 15 is 0 Å². The molecular weight excluding hydrogens is 348 g/mol. The van der Waals surface area contributed by atoms with Gasteiger partial charge in [0.25, 0.3) is 0 Å². The summed E-state index contributed by atoms with van der Waals surface area (Å²) in [5, 5.41) is 4.15. The molecule has 0 saturated carbocycles.